The molecule has 0 bridgehead atoms. The SMILES string of the molecule is CCN1CCN(c2ccc(CNC(=O)NCCN3CCCC(C)C3)cn2)CC1. The summed E-state index contributed by atoms with van der Waals surface area (Å²) in [5.74, 6) is 1.80. The highest BCUT2D eigenvalue weighted by atomic mass is 16.2. The quantitative estimate of drug-likeness (QED) is 0.745. The number of likely N-dealkylation sites (N-methyl/N-ethyl adjacent to an activating group) is 1. The number of nitrogens with zero attached hydrogens (tertiary/aromatic N) is 4. The molecule has 2 fully saturated rings. The molecule has 3 rings (SSSR count). The van der Waals surface area contributed by atoms with Crippen molar-refractivity contribution in [3.63, 3.8) is 0 Å². The van der Waals surface area contributed by atoms with Crippen LogP contribution in [-0.4, -0.2) is 79.7 Å². The van der Waals surface area contributed by atoms with Gasteiger partial charge in [-0.15, -0.1) is 0 Å². The maximum Gasteiger partial charge on any atom is 0.315 e. The Morgan fingerprint density at radius 1 is 1.14 bits per heavy atom. The Hall–Kier alpha value is -1.86. The third-order valence-electron chi connectivity index (χ3n) is 5.86. The van der Waals surface area contributed by atoms with Crippen LogP contribution < -0.4 is 15.5 Å². The molecule has 2 aliphatic heterocycles. The van der Waals surface area contributed by atoms with Crippen molar-refractivity contribution in [1.82, 2.24) is 25.4 Å². The van der Waals surface area contributed by atoms with Gasteiger partial charge >= 0.3 is 6.03 Å². The zero-order valence-corrected chi connectivity index (χ0v) is 17.5. The highest BCUT2D eigenvalue weighted by molar-refractivity contribution is 5.73. The van der Waals surface area contributed by atoms with E-state index in [2.05, 4.69) is 56.3 Å². The zero-order chi connectivity index (χ0) is 19.8. The first kappa shape index (κ1) is 20.9. The van der Waals surface area contributed by atoms with Crippen LogP contribution >= 0.6 is 0 Å². The molecule has 3 heterocycles. The second-order valence-electron chi connectivity index (χ2n) is 8.10. The lowest BCUT2D eigenvalue weighted by molar-refractivity contribution is 0.184. The maximum atomic E-state index is 12.0. The molecular formula is C21H36N6O. The summed E-state index contributed by atoms with van der Waals surface area (Å²) in [6.07, 6.45) is 4.47. The van der Waals surface area contributed by atoms with Crippen molar-refractivity contribution in [1.29, 1.82) is 0 Å². The van der Waals surface area contributed by atoms with Crippen LogP contribution in [0.3, 0.4) is 0 Å². The number of carbonyl (C=O) groups is 1. The molecule has 2 saturated heterocycles. The molecule has 2 amide bonds. The van der Waals surface area contributed by atoms with Crippen molar-refractivity contribution >= 4 is 11.8 Å². The number of aromatic nitrogens is 1. The van der Waals surface area contributed by atoms with E-state index in [-0.39, 0.29) is 6.03 Å². The summed E-state index contributed by atoms with van der Waals surface area (Å²) in [5.41, 5.74) is 1.02. The number of rotatable bonds is 7. The van der Waals surface area contributed by atoms with Crippen molar-refractivity contribution in [2.45, 2.75) is 33.2 Å². The molecule has 1 aromatic rings. The Morgan fingerprint density at radius 3 is 2.64 bits per heavy atom. The van der Waals surface area contributed by atoms with Crippen LogP contribution in [0.4, 0.5) is 10.6 Å². The molecule has 1 aromatic heterocycles. The van der Waals surface area contributed by atoms with Crippen molar-refractivity contribution in [2.75, 3.05) is 63.8 Å². The molecular weight excluding hydrogens is 352 g/mol. The third-order valence-corrected chi connectivity index (χ3v) is 5.86. The minimum absolute atomic E-state index is 0.107. The molecule has 7 nitrogen and oxygen atoms in total. The van der Waals surface area contributed by atoms with Crippen molar-refractivity contribution in [3.05, 3.63) is 23.9 Å². The van der Waals surface area contributed by atoms with E-state index < -0.39 is 0 Å². The number of anilines is 1. The molecule has 7 heteroatoms. The molecule has 28 heavy (non-hydrogen) atoms. The Bertz CT molecular complexity index is 599. The Kier molecular flexibility index (Phi) is 7.91. The molecule has 1 atom stereocenters. The number of hydrogen-bond acceptors (Lipinski definition) is 5. The summed E-state index contributed by atoms with van der Waals surface area (Å²) in [7, 11) is 0. The summed E-state index contributed by atoms with van der Waals surface area (Å²) >= 11 is 0. The first-order valence-electron chi connectivity index (χ1n) is 10.8. The highest BCUT2D eigenvalue weighted by Crippen LogP contribution is 2.15. The molecule has 0 aliphatic carbocycles. The molecule has 0 saturated carbocycles. The number of piperazine rings is 1. The topological polar surface area (TPSA) is 63.7 Å². The lowest BCUT2D eigenvalue weighted by atomic mass is 10.0. The number of hydrogen-bond donors (Lipinski definition) is 2. The van der Waals surface area contributed by atoms with E-state index in [4.69, 9.17) is 0 Å². The van der Waals surface area contributed by atoms with Crippen molar-refractivity contribution < 1.29 is 4.79 Å². The van der Waals surface area contributed by atoms with Gasteiger partial charge in [-0.3, -0.25) is 0 Å². The van der Waals surface area contributed by atoms with E-state index in [0.717, 1.165) is 69.7 Å². The fourth-order valence-electron chi connectivity index (χ4n) is 4.06. The van der Waals surface area contributed by atoms with E-state index in [1.165, 1.54) is 12.8 Å². The van der Waals surface area contributed by atoms with E-state index in [1.807, 2.05) is 6.20 Å². The number of likely N-dealkylation sites (tertiary alicyclic amines) is 1. The van der Waals surface area contributed by atoms with Gasteiger partial charge in [-0.05, 0) is 43.5 Å². The monoisotopic (exact) mass is 388 g/mol. The number of carbonyl (C=O) groups excluding carboxylic acids is 1. The van der Waals surface area contributed by atoms with Gasteiger partial charge in [-0.2, -0.15) is 0 Å². The maximum absolute atomic E-state index is 12.0. The number of pyridine rings is 1. The molecule has 1 unspecified atom stereocenters. The van der Waals surface area contributed by atoms with Crippen LogP contribution in [0.5, 0.6) is 0 Å². The molecule has 2 N–H and O–H groups in total. The van der Waals surface area contributed by atoms with Gasteiger partial charge in [0.2, 0.25) is 0 Å². The van der Waals surface area contributed by atoms with Gasteiger partial charge in [-0.1, -0.05) is 19.9 Å². The predicted molar refractivity (Wildman–Crippen MR) is 114 cm³/mol. The number of amides is 2. The van der Waals surface area contributed by atoms with Gasteiger partial charge in [0.1, 0.15) is 5.82 Å². The minimum atomic E-state index is -0.107. The Morgan fingerprint density at radius 2 is 1.96 bits per heavy atom. The standard InChI is InChI=1S/C21H36N6O/c1-3-25-11-13-27(14-12-25)20-7-6-19(15-23-20)16-24-21(28)22-8-10-26-9-4-5-18(2)17-26/h6-7,15,18H,3-5,8-14,16-17H2,1-2H3,(H2,22,24,28). The lowest BCUT2D eigenvalue weighted by Crippen LogP contribution is -2.46. The van der Waals surface area contributed by atoms with Crippen LogP contribution in [0.1, 0.15) is 32.3 Å². The van der Waals surface area contributed by atoms with Gasteiger partial charge in [-0.25, -0.2) is 9.78 Å². The first-order chi connectivity index (χ1) is 13.6. The summed E-state index contributed by atoms with van der Waals surface area (Å²) in [5, 5.41) is 5.89. The second kappa shape index (κ2) is 10.6. The van der Waals surface area contributed by atoms with Crippen LogP contribution in [-0.2, 0) is 6.54 Å². The summed E-state index contributed by atoms with van der Waals surface area (Å²) in [6.45, 7) is 14.3. The van der Waals surface area contributed by atoms with Crippen LogP contribution in [0, 0.1) is 5.92 Å². The third kappa shape index (κ3) is 6.34. The van der Waals surface area contributed by atoms with Gasteiger partial charge in [0.15, 0.2) is 0 Å². The average molecular weight is 389 g/mol. The van der Waals surface area contributed by atoms with Gasteiger partial charge in [0, 0.05) is 58.6 Å². The summed E-state index contributed by atoms with van der Waals surface area (Å²) in [6, 6.07) is 4.02. The van der Waals surface area contributed by atoms with Crippen LogP contribution in [0.25, 0.3) is 0 Å². The molecule has 0 aromatic carbocycles. The number of urea groups is 1. The van der Waals surface area contributed by atoms with E-state index in [9.17, 15) is 4.79 Å². The summed E-state index contributed by atoms with van der Waals surface area (Å²) in [4.78, 5) is 23.8. The fourth-order valence-corrected chi connectivity index (χ4v) is 4.06. The number of piperidine rings is 1. The molecule has 156 valence electrons. The molecule has 2 aliphatic rings. The van der Waals surface area contributed by atoms with E-state index in [0.29, 0.717) is 13.1 Å². The average Bonchev–Trinajstić information content (AvgIpc) is 2.73. The predicted octanol–water partition coefficient (Wildman–Crippen LogP) is 1.75. The van der Waals surface area contributed by atoms with Crippen molar-refractivity contribution in [3.8, 4) is 0 Å². The van der Waals surface area contributed by atoms with E-state index >= 15 is 0 Å². The molecule has 0 spiro atoms. The normalized spacial score (nSPS) is 21.5. The first-order valence-corrected chi connectivity index (χ1v) is 10.8. The minimum Gasteiger partial charge on any atom is -0.354 e. The van der Waals surface area contributed by atoms with Crippen LogP contribution in [0.2, 0.25) is 0 Å². The summed E-state index contributed by atoms with van der Waals surface area (Å²) < 4.78 is 0. The number of nitrogens with one attached hydrogen (secondary N) is 2. The highest BCUT2D eigenvalue weighted by Gasteiger charge is 2.17. The van der Waals surface area contributed by atoms with Crippen molar-refractivity contribution in [2.24, 2.45) is 5.92 Å². The van der Waals surface area contributed by atoms with Crippen LogP contribution in [0.15, 0.2) is 18.3 Å². The largest absolute Gasteiger partial charge is 0.354 e. The smallest absolute Gasteiger partial charge is 0.315 e. The lowest BCUT2D eigenvalue weighted by Gasteiger charge is -2.34. The Labute approximate surface area is 169 Å². The fraction of sp³-hybridized carbons (Fsp3) is 0.714. The van der Waals surface area contributed by atoms with Gasteiger partial charge in [0.05, 0.1) is 0 Å². The second-order valence-corrected chi connectivity index (χ2v) is 8.10. The Balaban J connectivity index is 1.33. The van der Waals surface area contributed by atoms with Gasteiger partial charge < -0.3 is 25.3 Å². The van der Waals surface area contributed by atoms with Gasteiger partial charge in [0.25, 0.3) is 0 Å². The molecule has 0 radical (unpaired) electrons. The van der Waals surface area contributed by atoms with E-state index in [1.54, 1.807) is 0 Å². The zero-order valence-electron chi connectivity index (χ0n) is 17.5.